The average Bonchev–Trinajstić information content (AvgIpc) is 2.64. The normalized spacial score (nSPS) is 18.6. The van der Waals surface area contributed by atoms with E-state index >= 15 is 0 Å². The van der Waals surface area contributed by atoms with Crippen LogP contribution in [0.5, 0.6) is 0 Å². The molecule has 0 atom stereocenters. The topological polar surface area (TPSA) is 78.7 Å². The van der Waals surface area contributed by atoms with Crippen LogP contribution in [0.2, 0.25) is 0 Å². The van der Waals surface area contributed by atoms with Crippen LogP contribution in [-0.2, 0) is 9.59 Å². The molecule has 0 aromatic rings. The third-order valence-corrected chi connectivity index (χ3v) is 6.39. The van der Waals surface area contributed by atoms with Crippen LogP contribution < -0.4 is 0 Å². The number of nitrogens with zero attached hydrogens (tertiary/aromatic N) is 2. The maximum atomic E-state index is 8.24. The van der Waals surface area contributed by atoms with Crippen molar-refractivity contribution in [2.75, 3.05) is 0 Å². The standard InChI is InChI=1S/C19H36.2CNO/c1-3-4-11-16-19(2,17-12-7-5-8-13-17)18-14-9-6-10-15-18;2*2-1-3/h17-18H,3-16H2,1-2H3;;/q;2*-1. The molecule has 2 fully saturated rings. The lowest BCUT2D eigenvalue weighted by Gasteiger charge is -2.47. The molecule has 2 aliphatic carbocycles. The van der Waals surface area contributed by atoms with Gasteiger partial charge in [-0.05, 0) is 61.5 Å². The molecule has 0 N–H and O–H groups in total. The van der Waals surface area contributed by atoms with Gasteiger partial charge in [0.05, 0.1) is 0 Å². The van der Waals surface area contributed by atoms with Crippen molar-refractivity contribution in [1.82, 2.24) is 0 Å². The molecule has 0 amide bonds. The van der Waals surface area contributed by atoms with Crippen molar-refractivity contribution in [3.05, 3.63) is 10.8 Å². The van der Waals surface area contributed by atoms with Gasteiger partial charge in [0, 0.05) is 0 Å². The lowest BCUT2D eigenvalue weighted by Crippen LogP contribution is -2.37. The first kappa shape index (κ1) is 23.8. The van der Waals surface area contributed by atoms with Gasteiger partial charge in [-0.15, -0.1) is 0 Å². The van der Waals surface area contributed by atoms with E-state index in [0.717, 1.165) is 11.8 Å². The Morgan fingerprint density at radius 1 is 0.800 bits per heavy atom. The number of carbonyl (C=O) groups excluding carboxylic acids is 2. The summed E-state index contributed by atoms with van der Waals surface area (Å²) in [6.45, 7) is 5.03. The zero-order valence-electron chi connectivity index (χ0n) is 16.3. The molecule has 0 aromatic carbocycles. The molecule has 0 unspecified atom stereocenters. The predicted molar refractivity (Wildman–Crippen MR) is 104 cm³/mol. The highest BCUT2D eigenvalue weighted by Crippen LogP contribution is 2.51. The SMILES string of the molecule is CCCCCC(C)(C1CCCCC1)C1CCCCC1.[N-]=C=O.[N-]=C=O. The summed E-state index contributed by atoms with van der Waals surface area (Å²) in [5.41, 5.74) is 0.690. The fraction of sp³-hybridized carbons (Fsp3) is 0.905. The van der Waals surface area contributed by atoms with Crippen LogP contribution in [0.15, 0.2) is 0 Å². The van der Waals surface area contributed by atoms with Gasteiger partial charge in [0.1, 0.15) is 0 Å². The number of rotatable bonds is 6. The van der Waals surface area contributed by atoms with Crippen molar-refractivity contribution in [1.29, 1.82) is 0 Å². The zero-order valence-corrected chi connectivity index (χ0v) is 16.3. The van der Waals surface area contributed by atoms with E-state index in [4.69, 9.17) is 20.4 Å². The minimum Gasteiger partial charge on any atom is -0.724 e. The lowest BCUT2D eigenvalue weighted by atomic mass is 9.58. The highest BCUT2D eigenvalue weighted by Gasteiger charge is 2.40. The zero-order chi connectivity index (χ0) is 19.0. The Morgan fingerprint density at radius 2 is 1.16 bits per heavy atom. The molecule has 0 bridgehead atoms. The third kappa shape index (κ3) is 9.14. The summed E-state index contributed by atoms with van der Waals surface area (Å²) in [5, 5.41) is 13.5. The van der Waals surface area contributed by atoms with Crippen LogP contribution in [0.25, 0.3) is 10.8 Å². The molecule has 25 heavy (non-hydrogen) atoms. The van der Waals surface area contributed by atoms with Crippen molar-refractivity contribution in [2.24, 2.45) is 17.3 Å². The Morgan fingerprint density at radius 3 is 1.48 bits per heavy atom. The van der Waals surface area contributed by atoms with Gasteiger partial charge in [-0.1, -0.05) is 71.6 Å². The quantitative estimate of drug-likeness (QED) is 0.311. The third-order valence-electron chi connectivity index (χ3n) is 6.39. The minimum absolute atomic E-state index is 0.500. The second kappa shape index (κ2) is 15.0. The first-order valence-corrected chi connectivity index (χ1v) is 10.1. The average molecular weight is 349 g/mol. The van der Waals surface area contributed by atoms with Crippen LogP contribution in [-0.4, -0.2) is 12.2 Å². The van der Waals surface area contributed by atoms with Crippen LogP contribution in [0.1, 0.15) is 104 Å². The molecule has 2 aliphatic rings. The van der Waals surface area contributed by atoms with Crippen LogP contribution in [0.4, 0.5) is 0 Å². The largest absolute Gasteiger partial charge is 0.724 e. The molecule has 0 heterocycles. The molecule has 144 valence electrons. The summed E-state index contributed by atoms with van der Waals surface area (Å²) in [6, 6.07) is 0. The summed E-state index contributed by atoms with van der Waals surface area (Å²) >= 11 is 0. The van der Waals surface area contributed by atoms with E-state index < -0.39 is 0 Å². The molecule has 0 saturated heterocycles. The first-order valence-electron chi connectivity index (χ1n) is 10.1. The second-order valence-corrected chi connectivity index (χ2v) is 7.82. The van der Waals surface area contributed by atoms with E-state index in [2.05, 4.69) is 13.8 Å². The Balaban J connectivity index is 0.000000844. The molecular weight excluding hydrogens is 312 g/mol. The van der Waals surface area contributed by atoms with Gasteiger partial charge in [-0.3, -0.25) is 9.59 Å². The summed E-state index contributed by atoms with van der Waals surface area (Å²) in [6.07, 6.45) is 22.1. The minimum atomic E-state index is 0.500. The summed E-state index contributed by atoms with van der Waals surface area (Å²) in [7, 11) is 0. The second-order valence-electron chi connectivity index (χ2n) is 7.82. The smallest absolute Gasteiger partial charge is 0.0159 e. The van der Waals surface area contributed by atoms with E-state index in [0.29, 0.717) is 17.6 Å². The number of unbranched alkanes of at least 4 members (excludes halogenated alkanes) is 2. The summed E-state index contributed by atoms with van der Waals surface area (Å²) < 4.78 is 0. The molecule has 4 heteroatoms. The van der Waals surface area contributed by atoms with Crippen molar-refractivity contribution in [3.8, 4) is 0 Å². The molecule has 0 aliphatic heterocycles. The van der Waals surface area contributed by atoms with Gasteiger partial charge in [0.25, 0.3) is 0 Å². The highest BCUT2D eigenvalue weighted by atomic mass is 16.1. The predicted octanol–water partition coefficient (Wildman–Crippen LogP) is 6.52. The maximum absolute atomic E-state index is 8.24. The van der Waals surface area contributed by atoms with Gasteiger partial charge in [0.2, 0.25) is 0 Å². The number of isocyanates is 2. The van der Waals surface area contributed by atoms with E-state index in [1.165, 1.54) is 64.2 Å². The van der Waals surface area contributed by atoms with Crippen LogP contribution in [0.3, 0.4) is 0 Å². The number of hydrogen-bond acceptors (Lipinski definition) is 2. The summed E-state index contributed by atoms with van der Waals surface area (Å²) in [5.74, 6) is 2.11. The van der Waals surface area contributed by atoms with Crippen molar-refractivity contribution < 1.29 is 9.59 Å². The van der Waals surface area contributed by atoms with E-state index in [1.807, 2.05) is 0 Å². The van der Waals surface area contributed by atoms with Crippen molar-refractivity contribution in [3.63, 3.8) is 0 Å². The molecule has 0 aromatic heterocycles. The Kier molecular flexibility index (Phi) is 14.3. The molecule has 4 nitrogen and oxygen atoms in total. The van der Waals surface area contributed by atoms with Gasteiger partial charge in [0.15, 0.2) is 0 Å². The van der Waals surface area contributed by atoms with Crippen molar-refractivity contribution >= 4 is 12.2 Å². The van der Waals surface area contributed by atoms with Crippen molar-refractivity contribution in [2.45, 2.75) is 104 Å². The van der Waals surface area contributed by atoms with Crippen LogP contribution >= 0.6 is 0 Å². The molecular formula is C21H36N2O2-2. The molecule has 2 rings (SSSR count). The van der Waals surface area contributed by atoms with Gasteiger partial charge < -0.3 is 10.8 Å². The molecule has 0 spiro atoms. The summed E-state index contributed by atoms with van der Waals surface area (Å²) in [4.78, 5) is 16.5. The monoisotopic (exact) mass is 348 g/mol. The Bertz CT molecular complexity index is 355. The van der Waals surface area contributed by atoms with Gasteiger partial charge in [-0.2, -0.15) is 0 Å². The van der Waals surface area contributed by atoms with E-state index in [9.17, 15) is 0 Å². The first-order chi connectivity index (χ1) is 12.1. The maximum Gasteiger partial charge on any atom is -0.0159 e. The Labute approximate surface area is 154 Å². The van der Waals surface area contributed by atoms with Crippen LogP contribution in [0, 0.1) is 17.3 Å². The molecule has 0 radical (unpaired) electrons. The Hall–Kier alpha value is -1.24. The fourth-order valence-corrected chi connectivity index (χ4v) is 5.02. The lowest BCUT2D eigenvalue weighted by molar-refractivity contribution is 0.0290. The highest BCUT2D eigenvalue weighted by molar-refractivity contribution is 5.37. The fourth-order valence-electron chi connectivity index (χ4n) is 5.02. The van der Waals surface area contributed by atoms with E-state index in [1.54, 1.807) is 25.7 Å². The number of hydrogen-bond donors (Lipinski definition) is 0. The van der Waals surface area contributed by atoms with Gasteiger partial charge in [-0.25, -0.2) is 0 Å². The van der Waals surface area contributed by atoms with Gasteiger partial charge >= 0.3 is 0 Å². The molecule has 2 saturated carbocycles. The van der Waals surface area contributed by atoms with E-state index in [-0.39, 0.29) is 0 Å².